The lowest BCUT2D eigenvalue weighted by atomic mass is 9.95. The number of carbonyl (C=O) groups excluding carboxylic acids is 1. The molecule has 0 spiro atoms. The maximum atomic E-state index is 13.3. The van der Waals surface area contributed by atoms with Crippen LogP contribution < -0.4 is 14.8 Å². The highest BCUT2D eigenvalue weighted by Crippen LogP contribution is 2.43. The van der Waals surface area contributed by atoms with E-state index in [4.69, 9.17) is 35.9 Å². The Hall–Kier alpha value is -2.69. The summed E-state index contributed by atoms with van der Waals surface area (Å²) >= 11 is 11.4. The van der Waals surface area contributed by atoms with Crippen molar-refractivity contribution in [3.8, 4) is 11.5 Å². The Balaban J connectivity index is 1.77. The standard InChI is InChI=1S/C26H28BrClN4O4S/c1-5-11-36-24(33)21-15(3)29-25-30-26(37-14-16-9-7-8-10-19(16)28)31-32(25)22(21)17-12-18(27)23(34-4)20(13-17)35-6-2/h7-10,12-13,22H,5-6,11,14H2,1-4H3,(H,29,30,31). The summed E-state index contributed by atoms with van der Waals surface area (Å²) < 4.78 is 19.4. The van der Waals surface area contributed by atoms with Crippen molar-refractivity contribution < 1.29 is 19.0 Å². The van der Waals surface area contributed by atoms with Crippen LogP contribution in [0.25, 0.3) is 0 Å². The van der Waals surface area contributed by atoms with Crippen LogP contribution in [0.5, 0.6) is 11.5 Å². The van der Waals surface area contributed by atoms with Crippen LogP contribution in [0.1, 0.15) is 44.4 Å². The molecule has 196 valence electrons. The first-order chi connectivity index (χ1) is 17.9. The van der Waals surface area contributed by atoms with Crippen LogP contribution in [0.4, 0.5) is 5.95 Å². The van der Waals surface area contributed by atoms with Crippen LogP contribution in [0.3, 0.4) is 0 Å². The minimum absolute atomic E-state index is 0.321. The summed E-state index contributed by atoms with van der Waals surface area (Å²) in [4.78, 5) is 18.0. The Morgan fingerprint density at radius 3 is 2.76 bits per heavy atom. The van der Waals surface area contributed by atoms with Gasteiger partial charge in [-0.15, -0.1) is 5.10 Å². The van der Waals surface area contributed by atoms with Gasteiger partial charge >= 0.3 is 5.97 Å². The third kappa shape index (κ3) is 5.91. The summed E-state index contributed by atoms with van der Waals surface area (Å²) in [7, 11) is 1.59. The number of hydrogen-bond acceptors (Lipinski definition) is 8. The van der Waals surface area contributed by atoms with E-state index in [0.29, 0.717) is 62.3 Å². The number of fused-ring (bicyclic) bond motifs is 1. The smallest absolute Gasteiger partial charge is 0.338 e. The lowest BCUT2D eigenvalue weighted by molar-refractivity contribution is -0.139. The van der Waals surface area contributed by atoms with Gasteiger partial charge in [0, 0.05) is 16.5 Å². The van der Waals surface area contributed by atoms with E-state index >= 15 is 0 Å². The average Bonchev–Trinajstić information content (AvgIpc) is 3.28. The van der Waals surface area contributed by atoms with Crippen molar-refractivity contribution in [3.05, 3.63) is 68.3 Å². The van der Waals surface area contributed by atoms with Crippen LogP contribution in [-0.4, -0.2) is 41.1 Å². The number of aromatic nitrogens is 3. The van der Waals surface area contributed by atoms with Crippen molar-refractivity contribution in [2.75, 3.05) is 25.6 Å². The molecule has 1 aliphatic rings. The Labute approximate surface area is 233 Å². The molecule has 0 saturated heterocycles. The SMILES string of the molecule is CCCOC(=O)C1=C(C)Nc2nc(SCc3ccccc3Cl)nn2C1c1cc(Br)c(OC)c(OCC)c1. The Morgan fingerprint density at radius 2 is 2.05 bits per heavy atom. The molecule has 3 aromatic rings. The highest BCUT2D eigenvalue weighted by atomic mass is 79.9. The number of methoxy groups -OCH3 is 1. The Morgan fingerprint density at radius 1 is 1.27 bits per heavy atom. The number of nitrogens with zero attached hydrogens (tertiary/aromatic N) is 3. The second kappa shape index (κ2) is 12.2. The third-order valence-electron chi connectivity index (χ3n) is 5.66. The number of rotatable bonds is 10. The molecule has 1 unspecified atom stereocenters. The lowest BCUT2D eigenvalue weighted by Crippen LogP contribution is -2.30. The molecular weight excluding hydrogens is 580 g/mol. The number of nitrogens with one attached hydrogen (secondary N) is 1. The number of carbonyl (C=O) groups is 1. The topological polar surface area (TPSA) is 87.5 Å². The third-order valence-corrected chi connectivity index (χ3v) is 7.50. The van der Waals surface area contributed by atoms with Gasteiger partial charge in [0.25, 0.3) is 0 Å². The van der Waals surface area contributed by atoms with E-state index in [1.165, 1.54) is 11.8 Å². The highest BCUT2D eigenvalue weighted by molar-refractivity contribution is 9.10. The van der Waals surface area contributed by atoms with Gasteiger partial charge in [-0.05, 0) is 65.5 Å². The van der Waals surface area contributed by atoms with Crippen LogP contribution >= 0.6 is 39.3 Å². The quantitative estimate of drug-likeness (QED) is 0.203. The zero-order valence-corrected chi connectivity index (χ0v) is 24.2. The minimum Gasteiger partial charge on any atom is -0.492 e. The molecule has 0 bridgehead atoms. The van der Waals surface area contributed by atoms with E-state index in [9.17, 15) is 4.79 Å². The van der Waals surface area contributed by atoms with Gasteiger partial charge in [-0.3, -0.25) is 0 Å². The van der Waals surface area contributed by atoms with Crippen LogP contribution in [-0.2, 0) is 15.3 Å². The number of esters is 1. The van der Waals surface area contributed by atoms with Gasteiger partial charge in [-0.25, -0.2) is 9.48 Å². The molecule has 2 heterocycles. The molecule has 1 atom stereocenters. The van der Waals surface area contributed by atoms with Crippen molar-refractivity contribution in [1.29, 1.82) is 0 Å². The van der Waals surface area contributed by atoms with Gasteiger partial charge < -0.3 is 19.5 Å². The predicted octanol–water partition coefficient (Wildman–Crippen LogP) is 6.64. The van der Waals surface area contributed by atoms with Gasteiger partial charge in [0.1, 0.15) is 6.04 Å². The number of thioether (sulfide) groups is 1. The Kier molecular flexibility index (Phi) is 9.04. The van der Waals surface area contributed by atoms with Gasteiger partial charge in [-0.2, -0.15) is 4.98 Å². The molecule has 4 rings (SSSR count). The van der Waals surface area contributed by atoms with E-state index < -0.39 is 12.0 Å². The van der Waals surface area contributed by atoms with Crippen LogP contribution in [0.15, 0.2) is 57.3 Å². The van der Waals surface area contributed by atoms with E-state index in [2.05, 4.69) is 21.2 Å². The molecule has 0 saturated carbocycles. The summed E-state index contributed by atoms with van der Waals surface area (Å²) in [5.74, 6) is 1.86. The van der Waals surface area contributed by atoms with Gasteiger partial charge in [0.15, 0.2) is 11.5 Å². The first-order valence-electron chi connectivity index (χ1n) is 11.9. The first-order valence-corrected chi connectivity index (χ1v) is 14.0. The van der Waals surface area contributed by atoms with Crippen molar-refractivity contribution in [2.24, 2.45) is 0 Å². The molecule has 11 heteroatoms. The largest absolute Gasteiger partial charge is 0.492 e. The maximum Gasteiger partial charge on any atom is 0.338 e. The molecule has 1 aromatic heterocycles. The van der Waals surface area contributed by atoms with Crippen molar-refractivity contribution in [3.63, 3.8) is 0 Å². The molecule has 37 heavy (non-hydrogen) atoms. The molecular formula is C26H28BrClN4O4S. The molecule has 0 radical (unpaired) electrons. The van der Waals surface area contributed by atoms with Crippen LogP contribution in [0, 0.1) is 0 Å². The fourth-order valence-electron chi connectivity index (χ4n) is 4.00. The number of benzene rings is 2. The summed E-state index contributed by atoms with van der Waals surface area (Å²) in [6.07, 6.45) is 0.718. The van der Waals surface area contributed by atoms with Crippen molar-refractivity contribution >= 4 is 51.2 Å². The zero-order valence-electron chi connectivity index (χ0n) is 21.0. The van der Waals surface area contributed by atoms with E-state index in [0.717, 1.165) is 17.5 Å². The van der Waals surface area contributed by atoms with Crippen LogP contribution in [0.2, 0.25) is 5.02 Å². The fourth-order valence-corrected chi connectivity index (χ4v) is 5.74. The molecule has 2 aromatic carbocycles. The summed E-state index contributed by atoms with van der Waals surface area (Å²) in [5, 5.41) is 9.27. The normalized spacial score (nSPS) is 14.7. The number of allylic oxidation sites excluding steroid dienone is 1. The molecule has 0 aliphatic carbocycles. The van der Waals surface area contributed by atoms with Gasteiger partial charge in [0.2, 0.25) is 11.1 Å². The fraction of sp³-hybridized carbons (Fsp3) is 0.346. The summed E-state index contributed by atoms with van der Waals surface area (Å²) in [6.45, 7) is 6.47. The van der Waals surface area contributed by atoms with Crippen molar-refractivity contribution in [1.82, 2.24) is 14.8 Å². The molecule has 8 nitrogen and oxygen atoms in total. The van der Waals surface area contributed by atoms with E-state index in [1.807, 2.05) is 57.2 Å². The summed E-state index contributed by atoms with van der Waals surface area (Å²) in [5.41, 5.74) is 2.87. The molecule has 1 aliphatic heterocycles. The number of anilines is 1. The van der Waals surface area contributed by atoms with E-state index in [1.54, 1.807) is 11.8 Å². The second-order valence-corrected chi connectivity index (χ2v) is 10.4. The predicted molar refractivity (Wildman–Crippen MR) is 149 cm³/mol. The molecule has 0 amide bonds. The van der Waals surface area contributed by atoms with Gasteiger partial charge in [-0.1, -0.05) is 48.5 Å². The monoisotopic (exact) mass is 606 g/mol. The van der Waals surface area contributed by atoms with Crippen molar-refractivity contribution in [2.45, 2.75) is 44.1 Å². The first kappa shape index (κ1) is 27.3. The zero-order chi connectivity index (χ0) is 26.5. The average molecular weight is 608 g/mol. The Bertz CT molecular complexity index is 1330. The lowest BCUT2D eigenvalue weighted by Gasteiger charge is -2.28. The summed E-state index contributed by atoms with van der Waals surface area (Å²) in [6, 6.07) is 10.9. The van der Waals surface area contributed by atoms with Gasteiger partial charge in [0.05, 0.1) is 30.4 Å². The number of halogens is 2. The number of ether oxygens (including phenoxy) is 3. The second-order valence-electron chi connectivity index (χ2n) is 8.21. The highest BCUT2D eigenvalue weighted by Gasteiger charge is 2.36. The molecule has 1 N–H and O–H groups in total. The number of hydrogen-bond donors (Lipinski definition) is 1. The maximum absolute atomic E-state index is 13.3. The molecule has 0 fully saturated rings. The minimum atomic E-state index is -0.593. The van der Waals surface area contributed by atoms with E-state index in [-0.39, 0.29) is 0 Å².